The fraction of sp³-hybridized carbons (Fsp3) is 0.333. The van der Waals surface area contributed by atoms with Crippen LogP contribution in [0.25, 0.3) is 10.2 Å². The molecule has 2 aromatic heterocycles. The average molecular weight is 543 g/mol. The molecule has 3 atom stereocenters. The number of nitrogens with one attached hydrogen (secondary N) is 1. The Morgan fingerprint density at radius 3 is 2.84 bits per heavy atom. The minimum Gasteiger partial charge on any atom is -0.487 e. The summed E-state index contributed by atoms with van der Waals surface area (Å²) in [7, 11) is -3.88. The fourth-order valence-electron chi connectivity index (χ4n) is 4.48. The summed E-state index contributed by atoms with van der Waals surface area (Å²) in [6.07, 6.45) is 1.47. The lowest BCUT2D eigenvalue weighted by Gasteiger charge is -2.24. The van der Waals surface area contributed by atoms with Gasteiger partial charge in [-0.05, 0) is 35.2 Å². The van der Waals surface area contributed by atoms with Gasteiger partial charge in [-0.25, -0.2) is 23.2 Å². The monoisotopic (exact) mass is 542 g/mol. The summed E-state index contributed by atoms with van der Waals surface area (Å²) in [5.41, 5.74) is 2.97. The number of carbonyl (C=O) groups is 1. The molecule has 2 heterocycles. The normalized spacial score (nSPS) is 18.2. The summed E-state index contributed by atoms with van der Waals surface area (Å²) < 4.78 is 30.9. The van der Waals surface area contributed by atoms with Crippen molar-refractivity contribution in [3.05, 3.63) is 65.5 Å². The van der Waals surface area contributed by atoms with E-state index < -0.39 is 28.2 Å². The van der Waals surface area contributed by atoms with Gasteiger partial charge in [-0.3, -0.25) is 4.79 Å². The van der Waals surface area contributed by atoms with E-state index in [4.69, 9.17) is 9.88 Å². The van der Waals surface area contributed by atoms with Gasteiger partial charge >= 0.3 is 0 Å². The van der Waals surface area contributed by atoms with Crippen molar-refractivity contribution in [3.8, 4) is 5.75 Å². The molecule has 0 saturated heterocycles. The van der Waals surface area contributed by atoms with E-state index in [1.807, 2.05) is 38.1 Å². The average Bonchev–Trinajstić information content (AvgIpc) is 3.55. The fourth-order valence-corrected chi connectivity index (χ4v) is 6.17. The molecule has 13 heteroatoms. The predicted octanol–water partition coefficient (Wildman–Crippen LogP) is 2.09. The number of hydrogen-bond donors (Lipinski definition) is 3. The highest BCUT2D eigenvalue weighted by Crippen LogP contribution is 2.32. The lowest BCUT2D eigenvalue weighted by atomic mass is 10.0. The highest BCUT2D eigenvalue weighted by molar-refractivity contribution is 7.91. The number of primary sulfonamides is 1. The molecule has 1 aliphatic carbocycles. The second-order valence-corrected chi connectivity index (χ2v) is 12.0. The molecule has 5 rings (SSSR count). The van der Waals surface area contributed by atoms with Crippen LogP contribution in [0.1, 0.15) is 42.8 Å². The molecule has 1 amide bonds. The first-order valence-electron chi connectivity index (χ1n) is 11.6. The van der Waals surface area contributed by atoms with Crippen molar-refractivity contribution >= 4 is 37.5 Å². The predicted molar refractivity (Wildman–Crippen MR) is 136 cm³/mol. The summed E-state index contributed by atoms with van der Waals surface area (Å²) in [6.45, 7) is 3.93. The lowest BCUT2D eigenvalue weighted by Crippen LogP contribution is -2.40. The van der Waals surface area contributed by atoms with E-state index >= 15 is 0 Å². The number of benzene rings is 2. The van der Waals surface area contributed by atoms with Crippen LogP contribution in [0.3, 0.4) is 0 Å². The number of nitrogens with zero attached hydrogens (tertiary/aromatic N) is 4. The Bertz CT molecular complexity index is 1560. The van der Waals surface area contributed by atoms with Crippen molar-refractivity contribution in [2.75, 3.05) is 0 Å². The Labute approximate surface area is 217 Å². The van der Waals surface area contributed by atoms with Gasteiger partial charge in [-0.15, -0.1) is 16.4 Å². The molecule has 0 fully saturated rings. The van der Waals surface area contributed by atoms with Crippen LogP contribution in [0, 0.1) is 5.92 Å². The van der Waals surface area contributed by atoms with Gasteiger partial charge in [0, 0.05) is 6.42 Å². The maximum absolute atomic E-state index is 13.3. The number of amides is 1. The maximum Gasteiger partial charge on any atom is 0.265 e. The van der Waals surface area contributed by atoms with Crippen LogP contribution in [-0.2, 0) is 27.8 Å². The third-order valence-electron chi connectivity index (χ3n) is 6.21. The summed E-state index contributed by atoms with van der Waals surface area (Å²) >= 11 is 0.965. The molecule has 0 saturated carbocycles. The molecule has 37 heavy (non-hydrogen) atoms. The Balaban J connectivity index is 1.28. The molecular weight excluding hydrogens is 516 g/mol. The van der Waals surface area contributed by atoms with Gasteiger partial charge in [-0.2, -0.15) is 0 Å². The van der Waals surface area contributed by atoms with E-state index in [1.165, 1.54) is 4.68 Å². The Kier molecular flexibility index (Phi) is 6.70. The first-order chi connectivity index (χ1) is 17.6. The summed E-state index contributed by atoms with van der Waals surface area (Å²) in [5.74, 6) is 0.152. The molecule has 0 bridgehead atoms. The number of aliphatic hydroxyl groups excluding tert-OH is 1. The highest BCUT2D eigenvalue weighted by atomic mass is 32.2. The number of aromatic nitrogens is 4. The van der Waals surface area contributed by atoms with Gasteiger partial charge in [0.15, 0.2) is 0 Å². The number of ether oxygens (including phenoxy) is 1. The van der Waals surface area contributed by atoms with Crippen LogP contribution in [-0.4, -0.2) is 45.5 Å². The topological polar surface area (TPSA) is 162 Å². The standard InChI is InChI=1S/C24H26N6O5S2/c1-13(2)22(23(32)27-21-17-6-4-3-5-14(17)9-19(21)31)30-11-15(28-29-30)12-35-16-7-8-18-20(10-16)36-24(26-18)37(25,33)34/h3-8,10-11,13,19,21-22,31H,9,12H2,1-2H3,(H,27,32)(H2,25,33,34)/t19-,21+,22-/m0/s1. The number of nitrogens with two attached hydrogens (primary N) is 1. The van der Waals surface area contributed by atoms with Crippen molar-refractivity contribution in [3.63, 3.8) is 0 Å². The number of aliphatic hydroxyl groups is 1. The third kappa shape index (κ3) is 5.21. The molecule has 0 spiro atoms. The van der Waals surface area contributed by atoms with Gasteiger partial charge < -0.3 is 15.2 Å². The molecule has 194 valence electrons. The van der Waals surface area contributed by atoms with Crippen molar-refractivity contribution in [2.24, 2.45) is 11.1 Å². The molecule has 4 N–H and O–H groups in total. The smallest absolute Gasteiger partial charge is 0.265 e. The largest absolute Gasteiger partial charge is 0.487 e. The van der Waals surface area contributed by atoms with Crippen molar-refractivity contribution in [2.45, 2.75) is 49.4 Å². The molecule has 4 aromatic rings. The van der Waals surface area contributed by atoms with Crippen LogP contribution in [0.15, 0.2) is 53.0 Å². The number of thiazole rings is 1. The van der Waals surface area contributed by atoms with Crippen molar-refractivity contribution in [1.29, 1.82) is 0 Å². The van der Waals surface area contributed by atoms with Gasteiger partial charge in [0.05, 0.1) is 28.6 Å². The molecule has 2 aromatic carbocycles. The molecule has 11 nitrogen and oxygen atoms in total. The minimum atomic E-state index is -3.88. The Hall–Kier alpha value is -3.39. The molecule has 0 aliphatic heterocycles. The van der Waals surface area contributed by atoms with E-state index in [-0.39, 0.29) is 22.8 Å². The second-order valence-electron chi connectivity index (χ2n) is 9.28. The molecular formula is C24H26N6O5S2. The van der Waals surface area contributed by atoms with Gasteiger partial charge in [0.2, 0.25) is 10.2 Å². The zero-order valence-electron chi connectivity index (χ0n) is 20.1. The summed E-state index contributed by atoms with van der Waals surface area (Å²) in [6, 6.07) is 11.6. The SMILES string of the molecule is CC(C)[C@@H](C(=O)N[C@@H]1c2ccccc2C[C@@H]1O)n1cc(COc2ccc3nc(S(N)(=O)=O)sc3c2)nn1. The van der Waals surface area contributed by atoms with E-state index in [0.717, 1.165) is 22.5 Å². The van der Waals surface area contributed by atoms with Crippen LogP contribution < -0.4 is 15.2 Å². The number of hydrogen-bond acceptors (Lipinski definition) is 9. The van der Waals surface area contributed by atoms with Crippen LogP contribution in [0.5, 0.6) is 5.75 Å². The zero-order chi connectivity index (χ0) is 26.3. The number of sulfonamides is 1. The van der Waals surface area contributed by atoms with Gasteiger partial charge in [0.1, 0.15) is 24.1 Å². The molecule has 0 radical (unpaired) electrons. The number of fused-ring (bicyclic) bond motifs is 2. The quantitative estimate of drug-likeness (QED) is 0.305. The van der Waals surface area contributed by atoms with Crippen LogP contribution in [0.4, 0.5) is 0 Å². The van der Waals surface area contributed by atoms with E-state index in [2.05, 4.69) is 20.6 Å². The maximum atomic E-state index is 13.3. The highest BCUT2D eigenvalue weighted by Gasteiger charge is 2.35. The molecule has 0 unspecified atom stereocenters. The third-order valence-corrected chi connectivity index (χ3v) is 8.55. The van der Waals surface area contributed by atoms with Crippen LogP contribution in [0.2, 0.25) is 0 Å². The van der Waals surface area contributed by atoms with E-state index in [1.54, 1.807) is 24.4 Å². The lowest BCUT2D eigenvalue weighted by molar-refractivity contribution is -0.127. The Morgan fingerprint density at radius 1 is 1.30 bits per heavy atom. The van der Waals surface area contributed by atoms with E-state index in [9.17, 15) is 18.3 Å². The van der Waals surface area contributed by atoms with Crippen molar-refractivity contribution in [1.82, 2.24) is 25.3 Å². The van der Waals surface area contributed by atoms with Gasteiger partial charge in [0.25, 0.3) is 10.0 Å². The van der Waals surface area contributed by atoms with Gasteiger partial charge in [-0.1, -0.05) is 43.3 Å². The minimum absolute atomic E-state index is 0.0908. The second kappa shape index (κ2) is 9.82. The first-order valence-corrected chi connectivity index (χ1v) is 14.0. The van der Waals surface area contributed by atoms with Crippen LogP contribution >= 0.6 is 11.3 Å². The molecule has 1 aliphatic rings. The Morgan fingerprint density at radius 2 is 2.08 bits per heavy atom. The van der Waals surface area contributed by atoms with Crippen molar-refractivity contribution < 1.29 is 23.1 Å². The first kappa shape index (κ1) is 25.3. The summed E-state index contributed by atoms with van der Waals surface area (Å²) in [4.78, 5) is 17.3. The number of carbonyl (C=O) groups excluding carboxylic acids is 1. The number of rotatable bonds is 8. The van der Waals surface area contributed by atoms with E-state index in [0.29, 0.717) is 28.1 Å². The summed E-state index contributed by atoms with van der Waals surface area (Å²) in [5, 5.41) is 27.0. The zero-order valence-corrected chi connectivity index (χ0v) is 21.7.